The third kappa shape index (κ3) is 4.93. The quantitative estimate of drug-likeness (QED) is 0.336. The predicted molar refractivity (Wildman–Crippen MR) is 144 cm³/mol. The molecule has 1 aromatic heterocycles. The maximum atomic E-state index is 15.5. The number of aryl methyl sites for hydroxylation is 1. The van der Waals surface area contributed by atoms with E-state index in [9.17, 15) is 0 Å². The molecule has 36 heavy (non-hydrogen) atoms. The molecule has 0 fully saturated rings. The van der Waals surface area contributed by atoms with Gasteiger partial charge >= 0.3 is 0 Å². The summed E-state index contributed by atoms with van der Waals surface area (Å²) in [6.07, 6.45) is 1.90. The van der Waals surface area contributed by atoms with Gasteiger partial charge in [-0.15, -0.1) is 6.58 Å². The van der Waals surface area contributed by atoms with E-state index in [1.54, 1.807) is 13.8 Å². The first-order valence-electron chi connectivity index (χ1n) is 12.1. The van der Waals surface area contributed by atoms with Crippen LogP contribution in [0.4, 0.5) is 24.7 Å². The van der Waals surface area contributed by atoms with Crippen molar-refractivity contribution in [2.45, 2.75) is 65.8 Å². The average molecular weight is 499 g/mol. The first kappa shape index (κ1) is 27.5. The largest absolute Gasteiger partial charge is 0.377 e. The second-order valence-electron chi connectivity index (χ2n) is 11.2. The lowest BCUT2D eigenvalue weighted by Crippen LogP contribution is -2.32. The lowest BCUT2D eigenvalue weighted by Gasteiger charge is -2.31. The Balaban J connectivity index is 2.14. The van der Waals surface area contributed by atoms with E-state index in [0.717, 1.165) is 28.2 Å². The molecule has 194 valence electrons. The lowest BCUT2D eigenvalue weighted by atomic mass is 9.82. The van der Waals surface area contributed by atoms with Crippen LogP contribution in [0.5, 0.6) is 0 Å². The number of halogens is 3. The summed E-state index contributed by atoms with van der Waals surface area (Å²) < 4.78 is 45.6. The first-order valence-corrected chi connectivity index (χ1v) is 12.1. The highest BCUT2D eigenvalue weighted by Crippen LogP contribution is 2.46. The molecule has 7 heteroatoms. The second kappa shape index (κ2) is 9.41. The monoisotopic (exact) mass is 498 g/mol. The highest BCUT2D eigenvalue weighted by molar-refractivity contribution is 5.93. The van der Waals surface area contributed by atoms with Crippen molar-refractivity contribution in [2.75, 3.05) is 24.3 Å². The maximum Gasteiger partial charge on any atom is 0.280 e. The number of benzene rings is 2. The summed E-state index contributed by atoms with van der Waals surface area (Å²) in [7, 11) is 3.93. The molecule has 0 aliphatic carbocycles. The van der Waals surface area contributed by atoms with Crippen LogP contribution in [0.1, 0.15) is 70.1 Å². The first-order chi connectivity index (χ1) is 16.5. The fourth-order valence-corrected chi connectivity index (χ4v) is 4.20. The summed E-state index contributed by atoms with van der Waals surface area (Å²) in [5.74, 6) is -3.18. The van der Waals surface area contributed by atoms with Gasteiger partial charge in [0.25, 0.3) is 5.92 Å². The Bertz CT molecular complexity index is 1290. The summed E-state index contributed by atoms with van der Waals surface area (Å²) in [4.78, 5) is 11.2. The number of allylic oxidation sites excluding steroid dienone is 1. The minimum Gasteiger partial charge on any atom is -0.377 e. The van der Waals surface area contributed by atoms with Crippen LogP contribution >= 0.6 is 0 Å². The summed E-state index contributed by atoms with van der Waals surface area (Å²) >= 11 is 0. The van der Waals surface area contributed by atoms with Crippen molar-refractivity contribution in [3.63, 3.8) is 0 Å². The second-order valence-corrected chi connectivity index (χ2v) is 11.2. The number of fused-ring (bicyclic) bond motifs is 1. The van der Waals surface area contributed by atoms with Crippen molar-refractivity contribution in [3.8, 4) is 0 Å². The van der Waals surface area contributed by atoms with Crippen molar-refractivity contribution in [2.24, 2.45) is 5.41 Å². The molecule has 4 nitrogen and oxygen atoms in total. The Labute approximate surface area is 212 Å². The number of hydrogen-bond donors (Lipinski definition) is 1. The van der Waals surface area contributed by atoms with Gasteiger partial charge in [-0.25, -0.2) is 23.1 Å². The molecule has 2 aromatic carbocycles. The van der Waals surface area contributed by atoms with E-state index in [1.165, 1.54) is 32.9 Å². The van der Waals surface area contributed by atoms with Gasteiger partial charge in [0.1, 0.15) is 17.5 Å². The molecule has 0 unspecified atom stereocenters. The van der Waals surface area contributed by atoms with Crippen LogP contribution in [0.3, 0.4) is 0 Å². The van der Waals surface area contributed by atoms with Gasteiger partial charge in [0.2, 0.25) is 0 Å². The van der Waals surface area contributed by atoms with Crippen LogP contribution in [-0.4, -0.2) is 24.1 Å². The Morgan fingerprint density at radius 2 is 1.67 bits per heavy atom. The molecule has 3 rings (SSSR count). The van der Waals surface area contributed by atoms with Gasteiger partial charge in [-0.2, -0.15) is 0 Å². The standard InChI is InChI=1S/C29H37F3N4/c1-11-28(7,8)22-16-23-20(15-24(22)36(9)10)26(35-18(3)34-23)33-17(2)19-13-12-14-21(25(19)30)29(31,32)27(4,5)6/h11-17H,1H2,2-10H3,(H,33,34,35)/t17-/m1/s1. The normalized spacial score (nSPS) is 13.6. The number of nitrogens with one attached hydrogen (secondary N) is 1. The van der Waals surface area contributed by atoms with Crippen LogP contribution in [-0.2, 0) is 11.3 Å². The molecular weight excluding hydrogens is 461 g/mol. The van der Waals surface area contributed by atoms with Crippen molar-refractivity contribution in [3.05, 3.63) is 71.3 Å². The molecule has 0 spiro atoms. The number of aromatic nitrogens is 2. The Morgan fingerprint density at radius 1 is 1.03 bits per heavy atom. The van der Waals surface area contributed by atoms with Gasteiger partial charge in [0, 0.05) is 41.6 Å². The number of alkyl halides is 2. The summed E-state index contributed by atoms with van der Waals surface area (Å²) in [6, 6.07) is 7.58. The number of anilines is 2. The molecule has 0 aliphatic rings. The van der Waals surface area contributed by atoms with E-state index < -0.39 is 28.8 Å². The Kier molecular flexibility index (Phi) is 7.19. The van der Waals surface area contributed by atoms with Gasteiger partial charge in [0.15, 0.2) is 0 Å². The van der Waals surface area contributed by atoms with Crippen LogP contribution in [0.15, 0.2) is 43.0 Å². The zero-order chi connectivity index (χ0) is 27.2. The highest BCUT2D eigenvalue weighted by Gasteiger charge is 2.47. The molecule has 0 aliphatic heterocycles. The van der Waals surface area contributed by atoms with E-state index in [1.807, 2.05) is 37.2 Å². The zero-order valence-corrected chi connectivity index (χ0v) is 22.7. The smallest absolute Gasteiger partial charge is 0.280 e. The number of hydrogen-bond acceptors (Lipinski definition) is 4. The number of rotatable bonds is 7. The molecule has 3 aromatic rings. The van der Waals surface area contributed by atoms with Gasteiger partial charge in [-0.3, -0.25) is 0 Å². The zero-order valence-electron chi connectivity index (χ0n) is 22.7. The third-order valence-electron chi connectivity index (χ3n) is 6.74. The topological polar surface area (TPSA) is 41.1 Å². The molecular formula is C29H37F3N4. The van der Waals surface area contributed by atoms with Gasteiger partial charge in [0.05, 0.1) is 17.1 Å². The highest BCUT2D eigenvalue weighted by atomic mass is 19.3. The van der Waals surface area contributed by atoms with Crippen molar-refractivity contribution >= 4 is 22.4 Å². The van der Waals surface area contributed by atoms with E-state index in [0.29, 0.717) is 11.6 Å². The van der Waals surface area contributed by atoms with Crippen molar-refractivity contribution in [1.29, 1.82) is 0 Å². The van der Waals surface area contributed by atoms with Gasteiger partial charge in [-0.05, 0) is 31.5 Å². The average Bonchev–Trinajstić information content (AvgIpc) is 2.77. The molecule has 0 radical (unpaired) electrons. The lowest BCUT2D eigenvalue weighted by molar-refractivity contribution is -0.107. The molecule has 1 atom stereocenters. The summed E-state index contributed by atoms with van der Waals surface area (Å²) in [6.45, 7) is 15.9. The van der Waals surface area contributed by atoms with E-state index in [2.05, 4.69) is 35.7 Å². The minimum atomic E-state index is -3.33. The van der Waals surface area contributed by atoms with Crippen LogP contribution < -0.4 is 10.2 Å². The van der Waals surface area contributed by atoms with E-state index >= 15 is 13.2 Å². The summed E-state index contributed by atoms with van der Waals surface area (Å²) in [5.41, 5.74) is 0.608. The minimum absolute atomic E-state index is 0.151. The van der Waals surface area contributed by atoms with Crippen molar-refractivity contribution < 1.29 is 13.2 Å². The molecule has 0 bridgehead atoms. The maximum absolute atomic E-state index is 15.5. The fourth-order valence-electron chi connectivity index (χ4n) is 4.20. The Morgan fingerprint density at radius 3 is 2.22 bits per heavy atom. The van der Waals surface area contributed by atoms with Crippen LogP contribution in [0.2, 0.25) is 0 Å². The molecule has 0 saturated carbocycles. The Hall–Kier alpha value is -3.09. The van der Waals surface area contributed by atoms with Crippen molar-refractivity contribution in [1.82, 2.24) is 9.97 Å². The van der Waals surface area contributed by atoms with Gasteiger partial charge < -0.3 is 10.2 Å². The molecule has 0 amide bonds. The SMILES string of the molecule is C=CC(C)(C)c1cc2nc(C)nc(N[C@H](C)c3cccc(C(F)(F)C(C)(C)C)c3F)c2cc1N(C)C. The fraction of sp³-hybridized carbons (Fsp3) is 0.448. The third-order valence-corrected chi connectivity index (χ3v) is 6.74. The van der Waals surface area contributed by atoms with Crippen LogP contribution in [0, 0.1) is 18.2 Å². The van der Waals surface area contributed by atoms with E-state index in [4.69, 9.17) is 0 Å². The molecule has 0 saturated heterocycles. The van der Waals surface area contributed by atoms with Crippen LogP contribution in [0.25, 0.3) is 10.9 Å². The number of nitrogens with zero attached hydrogens (tertiary/aromatic N) is 3. The summed E-state index contributed by atoms with van der Waals surface area (Å²) in [5, 5.41) is 4.02. The predicted octanol–water partition coefficient (Wildman–Crippen LogP) is 7.92. The molecule has 1 heterocycles. The van der Waals surface area contributed by atoms with Gasteiger partial charge in [-0.1, -0.05) is 58.9 Å². The molecule has 1 N–H and O–H groups in total. The van der Waals surface area contributed by atoms with E-state index in [-0.39, 0.29) is 11.0 Å².